The fraction of sp³-hybridized carbons (Fsp3) is 0.897. The van der Waals surface area contributed by atoms with E-state index >= 15 is 0 Å². The largest absolute Gasteiger partial charge is 0.458 e. The highest BCUT2D eigenvalue weighted by molar-refractivity contribution is 5.85. The Morgan fingerprint density at radius 1 is 1.02 bits per heavy atom. The fourth-order valence-electron chi connectivity index (χ4n) is 10.1. The van der Waals surface area contributed by atoms with Crippen LogP contribution in [0.2, 0.25) is 0 Å². The summed E-state index contributed by atoms with van der Waals surface area (Å²) in [4.78, 5) is 11.8. The number of cyclic esters (lactones) is 1. The summed E-state index contributed by atoms with van der Waals surface area (Å²) in [5, 5.41) is 89.6. The maximum atomic E-state index is 12.4. The Bertz CT molecular complexity index is 1080. The number of aliphatic hydroxyl groups excluding tert-OH is 6. The molecule has 0 aromatic heterocycles. The molecule has 4 saturated carbocycles. The molecule has 0 aromatic carbocycles. The SMILES string of the molecule is C[C@@H]1O[C@H](O[C@H]2C[C@@H](O)[C@]3(CO)[C@H]4[C@H](O)C[C@@]5(C)[C@@H](C6=CC(=O)OC6)CC[C@@]5(O)[C@H]4CC[C@]3(O)C2)[C@H](O)[C@H](O)[C@@H]1O. The summed E-state index contributed by atoms with van der Waals surface area (Å²) in [6.45, 7) is 3.00. The molecule has 2 heterocycles. The number of carbonyl (C=O) groups excluding carboxylic acids is 1. The zero-order valence-electron chi connectivity index (χ0n) is 23.5. The number of hydrogen-bond acceptors (Lipinski definition) is 12. The molecule has 232 valence electrons. The van der Waals surface area contributed by atoms with E-state index in [0.29, 0.717) is 19.3 Å². The Morgan fingerprint density at radius 3 is 2.41 bits per heavy atom. The number of hydrogen-bond donors (Lipinski definition) is 8. The van der Waals surface area contributed by atoms with Gasteiger partial charge in [0.1, 0.15) is 24.9 Å². The molecule has 8 N–H and O–H groups in total. The van der Waals surface area contributed by atoms with E-state index in [2.05, 4.69) is 0 Å². The van der Waals surface area contributed by atoms with E-state index in [1.165, 1.54) is 13.0 Å². The van der Waals surface area contributed by atoms with Gasteiger partial charge in [-0.15, -0.1) is 0 Å². The van der Waals surface area contributed by atoms with Crippen molar-refractivity contribution in [3.05, 3.63) is 11.6 Å². The van der Waals surface area contributed by atoms with E-state index in [1.807, 2.05) is 6.92 Å². The normalized spacial score (nSPS) is 56.9. The highest BCUT2D eigenvalue weighted by atomic mass is 16.7. The second-order valence-corrected chi connectivity index (χ2v) is 13.8. The van der Waals surface area contributed by atoms with Crippen LogP contribution >= 0.6 is 0 Å². The van der Waals surface area contributed by atoms with E-state index in [1.54, 1.807) is 0 Å². The second kappa shape index (κ2) is 9.91. The van der Waals surface area contributed by atoms with E-state index in [9.17, 15) is 45.6 Å². The summed E-state index contributed by atoms with van der Waals surface area (Å²) in [6.07, 6.45) is -6.68. The standard InChI is InChI=1S/C29H44O12/c1-13-22(34)23(35)24(36)25(40-13)41-15-8-19(32)28(12-30)21-17(3-5-27(28,37)9-15)29(38)6-4-16(14-7-20(33)39-11-14)26(29,2)10-18(21)31/h7,13,15-19,21-25,30-32,34-38H,3-6,8-12H2,1-2H3/t13-,15-,16+,17-,18+,19+,21+,22+,23+,24+,25+,26-,27-,28+,29+/m0/s1. The summed E-state index contributed by atoms with van der Waals surface area (Å²) in [5.41, 5.74) is -4.46. The van der Waals surface area contributed by atoms with Gasteiger partial charge in [-0.25, -0.2) is 4.79 Å². The van der Waals surface area contributed by atoms with Gasteiger partial charge in [0.05, 0.1) is 47.6 Å². The Kier molecular flexibility index (Phi) is 7.22. The van der Waals surface area contributed by atoms with Crippen molar-refractivity contribution in [3.8, 4) is 0 Å². The van der Waals surface area contributed by atoms with E-state index in [4.69, 9.17) is 14.2 Å². The fourth-order valence-corrected chi connectivity index (χ4v) is 10.1. The van der Waals surface area contributed by atoms with Crippen LogP contribution in [0.5, 0.6) is 0 Å². The molecule has 6 aliphatic rings. The van der Waals surface area contributed by atoms with Gasteiger partial charge in [0, 0.05) is 30.3 Å². The number of ether oxygens (including phenoxy) is 3. The molecular formula is C29H44O12. The Balaban J connectivity index is 1.28. The van der Waals surface area contributed by atoms with Gasteiger partial charge in [-0.2, -0.15) is 0 Å². The van der Waals surface area contributed by atoms with Crippen LogP contribution in [0.1, 0.15) is 58.8 Å². The smallest absolute Gasteiger partial charge is 0.331 e. The van der Waals surface area contributed by atoms with Crippen molar-refractivity contribution in [1.29, 1.82) is 0 Å². The number of esters is 1. The lowest BCUT2D eigenvalue weighted by atomic mass is 9.40. The van der Waals surface area contributed by atoms with E-state index < -0.39 is 95.5 Å². The number of fused-ring (bicyclic) bond motifs is 5. The summed E-state index contributed by atoms with van der Waals surface area (Å²) in [5.74, 6) is -1.93. The third kappa shape index (κ3) is 3.99. The van der Waals surface area contributed by atoms with Crippen molar-refractivity contribution in [2.45, 2.75) is 119 Å². The van der Waals surface area contributed by atoms with Crippen LogP contribution in [-0.4, -0.2) is 120 Å². The van der Waals surface area contributed by atoms with Crippen molar-refractivity contribution in [3.63, 3.8) is 0 Å². The molecule has 4 aliphatic carbocycles. The molecule has 6 rings (SSSR count). The first-order chi connectivity index (χ1) is 19.2. The lowest BCUT2D eigenvalue weighted by Gasteiger charge is -2.68. The molecule has 12 heteroatoms. The van der Waals surface area contributed by atoms with Gasteiger partial charge < -0.3 is 55.1 Å². The van der Waals surface area contributed by atoms with Crippen molar-refractivity contribution < 1.29 is 59.9 Å². The molecule has 41 heavy (non-hydrogen) atoms. The quantitative estimate of drug-likeness (QED) is 0.140. The maximum Gasteiger partial charge on any atom is 0.331 e. The van der Waals surface area contributed by atoms with Crippen LogP contribution in [0.15, 0.2) is 11.6 Å². The van der Waals surface area contributed by atoms with Crippen LogP contribution in [0.3, 0.4) is 0 Å². The zero-order chi connectivity index (χ0) is 29.7. The van der Waals surface area contributed by atoms with Gasteiger partial charge in [0.2, 0.25) is 0 Å². The van der Waals surface area contributed by atoms with Crippen molar-refractivity contribution in [2.24, 2.45) is 28.6 Å². The minimum atomic E-state index is -1.67. The third-order valence-electron chi connectivity index (χ3n) is 12.2. The average molecular weight is 585 g/mol. The van der Waals surface area contributed by atoms with Crippen molar-refractivity contribution in [1.82, 2.24) is 0 Å². The topological polar surface area (TPSA) is 207 Å². The molecule has 1 saturated heterocycles. The van der Waals surface area contributed by atoms with Crippen LogP contribution in [0, 0.1) is 28.6 Å². The minimum absolute atomic E-state index is 0.0369. The molecule has 0 spiro atoms. The van der Waals surface area contributed by atoms with Crippen LogP contribution < -0.4 is 0 Å². The molecule has 15 atom stereocenters. The Hall–Kier alpha value is -1.19. The predicted octanol–water partition coefficient (Wildman–Crippen LogP) is -1.51. The molecule has 2 aliphatic heterocycles. The molecule has 12 nitrogen and oxygen atoms in total. The molecule has 5 fully saturated rings. The number of carbonyl (C=O) groups is 1. The first kappa shape index (κ1) is 29.9. The molecule has 0 bridgehead atoms. The summed E-state index contributed by atoms with van der Waals surface area (Å²) < 4.78 is 16.7. The first-order valence-corrected chi connectivity index (χ1v) is 14.9. The summed E-state index contributed by atoms with van der Waals surface area (Å²) in [7, 11) is 0. The third-order valence-corrected chi connectivity index (χ3v) is 12.2. The molecule has 0 amide bonds. The summed E-state index contributed by atoms with van der Waals surface area (Å²) in [6, 6.07) is 0. The van der Waals surface area contributed by atoms with Crippen molar-refractivity contribution in [2.75, 3.05) is 13.2 Å². The lowest BCUT2D eigenvalue weighted by Crippen LogP contribution is -2.76. The summed E-state index contributed by atoms with van der Waals surface area (Å²) >= 11 is 0. The molecule has 0 radical (unpaired) electrons. The van der Waals surface area contributed by atoms with Gasteiger partial charge >= 0.3 is 5.97 Å². The Morgan fingerprint density at radius 2 is 1.76 bits per heavy atom. The van der Waals surface area contributed by atoms with E-state index in [0.717, 1.165) is 5.57 Å². The van der Waals surface area contributed by atoms with Crippen LogP contribution in [0.25, 0.3) is 0 Å². The van der Waals surface area contributed by atoms with Gasteiger partial charge in [0.25, 0.3) is 0 Å². The minimum Gasteiger partial charge on any atom is -0.458 e. The molecular weight excluding hydrogens is 540 g/mol. The number of aliphatic hydroxyl groups is 8. The molecule has 0 unspecified atom stereocenters. The number of rotatable bonds is 4. The second-order valence-electron chi connectivity index (χ2n) is 13.8. The van der Waals surface area contributed by atoms with Gasteiger partial charge in [-0.1, -0.05) is 6.92 Å². The van der Waals surface area contributed by atoms with Gasteiger partial charge in [-0.05, 0) is 56.4 Å². The molecule has 0 aromatic rings. The maximum absolute atomic E-state index is 12.4. The average Bonchev–Trinajstić information content (AvgIpc) is 3.45. The van der Waals surface area contributed by atoms with Crippen LogP contribution in [-0.2, 0) is 19.0 Å². The van der Waals surface area contributed by atoms with Crippen molar-refractivity contribution >= 4 is 5.97 Å². The highest BCUT2D eigenvalue weighted by Gasteiger charge is 2.75. The predicted molar refractivity (Wildman–Crippen MR) is 139 cm³/mol. The monoisotopic (exact) mass is 584 g/mol. The Labute approximate surface area is 238 Å². The first-order valence-electron chi connectivity index (χ1n) is 14.9. The van der Waals surface area contributed by atoms with Gasteiger partial charge in [0.15, 0.2) is 6.29 Å². The highest BCUT2D eigenvalue weighted by Crippen LogP contribution is 2.70. The zero-order valence-corrected chi connectivity index (χ0v) is 23.5. The van der Waals surface area contributed by atoms with E-state index in [-0.39, 0.29) is 38.2 Å². The van der Waals surface area contributed by atoms with Gasteiger partial charge in [-0.3, -0.25) is 0 Å². The van der Waals surface area contributed by atoms with Crippen LogP contribution in [0.4, 0.5) is 0 Å². The lowest BCUT2D eigenvalue weighted by molar-refractivity contribution is -0.342.